The first-order chi connectivity index (χ1) is 11.7. The van der Waals surface area contributed by atoms with E-state index < -0.39 is 0 Å². The fourth-order valence-electron chi connectivity index (χ4n) is 2.21. The minimum Gasteiger partial charge on any atom is -0.497 e. The molecule has 5 heteroatoms. The predicted octanol–water partition coefficient (Wildman–Crippen LogP) is 4.32. The number of thioether (sulfide) groups is 1. The van der Waals surface area contributed by atoms with Crippen molar-refractivity contribution in [3.63, 3.8) is 0 Å². The van der Waals surface area contributed by atoms with E-state index in [9.17, 15) is 4.79 Å². The Morgan fingerprint density at radius 1 is 1.12 bits per heavy atom. The molecule has 24 heavy (non-hydrogen) atoms. The van der Waals surface area contributed by atoms with Crippen molar-refractivity contribution in [2.45, 2.75) is 29.6 Å². The SMILES string of the molecule is COC(=O)c1ccc(OC2CC2)c(SCc2ccc(OC)cc2)c1. The molecule has 1 saturated carbocycles. The lowest BCUT2D eigenvalue weighted by Gasteiger charge is -2.12. The van der Waals surface area contributed by atoms with E-state index in [2.05, 4.69) is 0 Å². The molecule has 0 saturated heterocycles. The molecule has 2 aromatic carbocycles. The van der Waals surface area contributed by atoms with Gasteiger partial charge in [-0.05, 0) is 48.7 Å². The van der Waals surface area contributed by atoms with Crippen molar-refractivity contribution in [1.82, 2.24) is 0 Å². The van der Waals surface area contributed by atoms with Crippen LogP contribution in [0.15, 0.2) is 47.4 Å². The predicted molar refractivity (Wildman–Crippen MR) is 94.0 cm³/mol. The van der Waals surface area contributed by atoms with E-state index in [-0.39, 0.29) is 5.97 Å². The Balaban J connectivity index is 1.76. The summed E-state index contributed by atoms with van der Waals surface area (Å²) in [4.78, 5) is 12.7. The summed E-state index contributed by atoms with van der Waals surface area (Å²) in [6.45, 7) is 0. The number of ether oxygens (including phenoxy) is 3. The Hall–Kier alpha value is -2.14. The zero-order valence-corrected chi connectivity index (χ0v) is 14.6. The van der Waals surface area contributed by atoms with Crippen LogP contribution in [-0.2, 0) is 10.5 Å². The standard InChI is InChI=1S/C19H20O4S/c1-21-15-6-3-13(4-7-15)12-24-18-11-14(19(20)22-2)5-10-17(18)23-16-8-9-16/h3-7,10-11,16H,8-9,12H2,1-2H3. The third kappa shape index (κ3) is 4.23. The highest BCUT2D eigenvalue weighted by molar-refractivity contribution is 7.98. The van der Waals surface area contributed by atoms with Crippen LogP contribution in [-0.4, -0.2) is 26.3 Å². The summed E-state index contributed by atoms with van der Waals surface area (Å²) in [5, 5.41) is 0. The maximum atomic E-state index is 11.8. The summed E-state index contributed by atoms with van der Waals surface area (Å²) in [6.07, 6.45) is 2.51. The van der Waals surface area contributed by atoms with Gasteiger partial charge in [-0.15, -0.1) is 11.8 Å². The molecule has 0 N–H and O–H groups in total. The molecule has 0 heterocycles. The Kier molecular flexibility index (Phi) is 5.30. The number of benzene rings is 2. The number of hydrogen-bond acceptors (Lipinski definition) is 5. The van der Waals surface area contributed by atoms with Crippen LogP contribution in [0.5, 0.6) is 11.5 Å². The lowest BCUT2D eigenvalue weighted by atomic mass is 10.2. The van der Waals surface area contributed by atoms with Gasteiger partial charge in [-0.1, -0.05) is 12.1 Å². The zero-order chi connectivity index (χ0) is 16.9. The number of hydrogen-bond donors (Lipinski definition) is 0. The van der Waals surface area contributed by atoms with Gasteiger partial charge < -0.3 is 14.2 Å². The second-order valence-corrected chi connectivity index (χ2v) is 6.62. The first kappa shape index (κ1) is 16.7. The van der Waals surface area contributed by atoms with Gasteiger partial charge in [0.1, 0.15) is 11.5 Å². The molecule has 126 valence electrons. The summed E-state index contributed by atoms with van der Waals surface area (Å²) in [6, 6.07) is 13.4. The van der Waals surface area contributed by atoms with Crippen molar-refractivity contribution < 1.29 is 19.0 Å². The average molecular weight is 344 g/mol. The molecule has 0 aromatic heterocycles. The third-order valence-corrected chi connectivity index (χ3v) is 4.84. The summed E-state index contributed by atoms with van der Waals surface area (Å²) < 4.78 is 15.9. The summed E-state index contributed by atoms with van der Waals surface area (Å²) >= 11 is 1.65. The minimum atomic E-state index is -0.334. The molecular formula is C19H20O4S. The molecule has 3 rings (SSSR count). The fourth-order valence-corrected chi connectivity index (χ4v) is 3.19. The molecule has 0 unspecified atom stereocenters. The van der Waals surface area contributed by atoms with Gasteiger partial charge >= 0.3 is 5.97 Å². The lowest BCUT2D eigenvalue weighted by Crippen LogP contribution is -2.03. The molecule has 4 nitrogen and oxygen atoms in total. The molecule has 0 amide bonds. The van der Waals surface area contributed by atoms with Gasteiger partial charge in [0.2, 0.25) is 0 Å². The van der Waals surface area contributed by atoms with Crippen LogP contribution in [0.2, 0.25) is 0 Å². The maximum absolute atomic E-state index is 11.8. The number of carbonyl (C=O) groups excluding carboxylic acids is 1. The molecule has 0 bridgehead atoms. The summed E-state index contributed by atoms with van der Waals surface area (Å²) in [5.74, 6) is 2.13. The van der Waals surface area contributed by atoms with Gasteiger partial charge in [0.15, 0.2) is 0 Å². The smallest absolute Gasteiger partial charge is 0.337 e. The second-order valence-electron chi connectivity index (χ2n) is 5.61. The zero-order valence-electron chi connectivity index (χ0n) is 13.8. The first-order valence-electron chi connectivity index (χ1n) is 7.84. The van der Waals surface area contributed by atoms with Gasteiger partial charge in [0.05, 0.1) is 30.8 Å². The van der Waals surface area contributed by atoms with Gasteiger partial charge in [0.25, 0.3) is 0 Å². The van der Waals surface area contributed by atoms with Gasteiger partial charge in [0, 0.05) is 5.75 Å². The van der Waals surface area contributed by atoms with E-state index in [0.29, 0.717) is 11.7 Å². The molecule has 0 spiro atoms. The van der Waals surface area contributed by atoms with Crippen LogP contribution < -0.4 is 9.47 Å². The van der Waals surface area contributed by atoms with Crippen LogP contribution in [0.4, 0.5) is 0 Å². The van der Waals surface area contributed by atoms with E-state index >= 15 is 0 Å². The quantitative estimate of drug-likeness (QED) is 0.553. The van der Waals surface area contributed by atoms with Crippen molar-refractivity contribution in [3.8, 4) is 11.5 Å². The molecule has 1 aliphatic carbocycles. The van der Waals surface area contributed by atoms with E-state index in [0.717, 1.165) is 35.0 Å². The Morgan fingerprint density at radius 2 is 1.88 bits per heavy atom. The van der Waals surface area contributed by atoms with Gasteiger partial charge in [-0.3, -0.25) is 0 Å². The molecule has 0 atom stereocenters. The maximum Gasteiger partial charge on any atom is 0.337 e. The first-order valence-corrected chi connectivity index (χ1v) is 8.83. The van der Waals surface area contributed by atoms with E-state index in [4.69, 9.17) is 14.2 Å². The van der Waals surface area contributed by atoms with Crippen LogP contribution in [0.1, 0.15) is 28.8 Å². The lowest BCUT2D eigenvalue weighted by molar-refractivity contribution is 0.0600. The number of rotatable bonds is 7. The summed E-state index contributed by atoms with van der Waals surface area (Å²) in [7, 11) is 3.05. The van der Waals surface area contributed by atoms with Crippen molar-refractivity contribution >= 4 is 17.7 Å². The number of carbonyl (C=O) groups is 1. The Morgan fingerprint density at radius 3 is 2.50 bits per heavy atom. The van der Waals surface area contributed by atoms with Crippen LogP contribution in [0.3, 0.4) is 0 Å². The van der Waals surface area contributed by atoms with Crippen molar-refractivity contribution in [3.05, 3.63) is 53.6 Å². The molecular weight excluding hydrogens is 324 g/mol. The fraction of sp³-hybridized carbons (Fsp3) is 0.316. The van der Waals surface area contributed by atoms with Crippen molar-refractivity contribution in [1.29, 1.82) is 0 Å². The molecule has 1 fully saturated rings. The molecule has 0 radical (unpaired) electrons. The van der Waals surface area contributed by atoms with Crippen LogP contribution >= 0.6 is 11.8 Å². The van der Waals surface area contributed by atoms with Gasteiger partial charge in [-0.2, -0.15) is 0 Å². The highest BCUT2D eigenvalue weighted by Crippen LogP contribution is 2.36. The molecule has 1 aliphatic rings. The third-order valence-electron chi connectivity index (χ3n) is 3.74. The second kappa shape index (κ2) is 7.62. The minimum absolute atomic E-state index is 0.314. The Bertz CT molecular complexity index is 708. The number of esters is 1. The van der Waals surface area contributed by atoms with Crippen molar-refractivity contribution in [2.75, 3.05) is 14.2 Å². The van der Waals surface area contributed by atoms with Crippen LogP contribution in [0.25, 0.3) is 0 Å². The average Bonchev–Trinajstić information content (AvgIpc) is 3.44. The highest BCUT2D eigenvalue weighted by atomic mass is 32.2. The van der Waals surface area contributed by atoms with E-state index in [1.165, 1.54) is 12.7 Å². The Labute approximate surface area is 146 Å². The normalized spacial score (nSPS) is 13.4. The van der Waals surface area contributed by atoms with Crippen LogP contribution in [0, 0.1) is 0 Å². The molecule has 2 aromatic rings. The highest BCUT2D eigenvalue weighted by Gasteiger charge is 2.25. The van der Waals surface area contributed by atoms with Crippen molar-refractivity contribution in [2.24, 2.45) is 0 Å². The summed E-state index contributed by atoms with van der Waals surface area (Å²) in [5.41, 5.74) is 1.72. The van der Waals surface area contributed by atoms with E-state index in [1.807, 2.05) is 36.4 Å². The van der Waals surface area contributed by atoms with E-state index in [1.54, 1.807) is 24.9 Å². The van der Waals surface area contributed by atoms with Gasteiger partial charge in [-0.25, -0.2) is 4.79 Å². The molecule has 0 aliphatic heterocycles. The monoisotopic (exact) mass is 344 g/mol. The topological polar surface area (TPSA) is 44.8 Å². The largest absolute Gasteiger partial charge is 0.497 e. The number of methoxy groups -OCH3 is 2.